The van der Waals surface area contributed by atoms with E-state index < -0.39 is 11.8 Å². The molecule has 6 nitrogen and oxygen atoms in total. The largest absolute Gasteiger partial charge is 0.492 e. The van der Waals surface area contributed by atoms with E-state index in [1.54, 1.807) is 12.1 Å². The van der Waals surface area contributed by atoms with Crippen LogP contribution in [0.15, 0.2) is 18.2 Å². The Labute approximate surface area is 183 Å². The van der Waals surface area contributed by atoms with Gasteiger partial charge in [-0.25, -0.2) is 0 Å². The molecule has 1 heterocycles. The Hall–Kier alpha value is -2.16. The number of rotatable bonds is 5. The summed E-state index contributed by atoms with van der Waals surface area (Å²) in [5, 5.41) is 6.60. The summed E-state index contributed by atoms with van der Waals surface area (Å²) in [5.41, 5.74) is 7.42. The van der Waals surface area contributed by atoms with Crippen molar-refractivity contribution >= 4 is 57.1 Å². The molecular formula is C20H22ClN3O3S2. The van der Waals surface area contributed by atoms with Crippen LogP contribution in [0.4, 0.5) is 5.00 Å². The Morgan fingerprint density at radius 2 is 2.17 bits per heavy atom. The monoisotopic (exact) mass is 451 g/mol. The van der Waals surface area contributed by atoms with Crippen molar-refractivity contribution in [2.45, 2.75) is 33.1 Å². The minimum atomic E-state index is -0.494. The molecule has 0 spiro atoms. The average Bonchev–Trinajstić information content (AvgIpc) is 3.00. The maximum Gasteiger partial charge on any atom is 0.257 e. The maximum absolute atomic E-state index is 12.5. The summed E-state index contributed by atoms with van der Waals surface area (Å²) in [6.07, 6.45) is 2.74. The zero-order valence-corrected chi connectivity index (χ0v) is 18.5. The van der Waals surface area contributed by atoms with Crippen molar-refractivity contribution in [2.24, 2.45) is 11.7 Å². The van der Waals surface area contributed by atoms with Crippen molar-refractivity contribution in [3.8, 4) is 5.75 Å². The Kier molecular flexibility index (Phi) is 6.77. The highest BCUT2D eigenvalue weighted by Crippen LogP contribution is 2.39. The molecule has 0 fully saturated rings. The fourth-order valence-corrected chi connectivity index (χ4v) is 5.24. The zero-order valence-electron chi connectivity index (χ0n) is 16.1. The molecule has 1 aromatic carbocycles. The van der Waals surface area contributed by atoms with Crippen LogP contribution in [-0.2, 0) is 12.8 Å². The molecule has 0 saturated heterocycles. The number of primary amides is 1. The number of halogens is 1. The molecule has 2 amide bonds. The summed E-state index contributed by atoms with van der Waals surface area (Å²) in [6, 6.07) is 4.76. The molecule has 0 saturated carbocycles. The fraction of sp³-hybridized carbons (Fsp3) is 0.350. The molecule has 2 aromatic rings. The number of thiophene rings is 1. The first-order valence-electron chi connectivity index (χ1n) is 9.29. The molecule has 0 unspecified atom stereocenters. The van der Waals surface area contributed by atoms with E-state index >= 15 is 0 Å². The summed E-state index contributed by atoms with van der Waals surface area (Å²) >= 11 is 12.9. The molecule has 1 aromatic heterocycles. The molecule has 0 bridgehead atoms. The lowest BCUT2D eigenvalue weighted by atomic mass is 9.88. The molecule has 3 rings (SSSR count). The number of benzene rings is 1. The molecule has 154 valence electrons. The molecular weight excluding hydrogens is 430 g/mol. The van der Waals surface area contributed by atoms with Crippen LogP contribution in [0.2, 0.25) is 5.02 Å². The van der Waals surface area contributed by atoms with E-state index in [0.29, 0.717) is 39.4 Å². The highest BCUT2D eigenvalue weighted by Gasteiger charge is 2.27. The van der Waals surface area contributed by atoms with Gasteiger partial charge in [0.25, 0.3) is 11.8 Å². The molecule has 9 heteroatoms. The van der Waals surface area contributed by atoms with Crippen LogP contribution in [0, 0.1) is 5.92 Å². The van der Waals surface area contributed by atoms with E-state index in [1.165, 1.54) is 17.4 Å². The molecule has 1 aliphatic carbocycles. The van der Waals surface area contributed by atoms with E-state index in [-0.39, 0.29) is 5.11 Å². The van der Waals surface area contributed by atoms with Crippen LogP contribution in [0.3, 0.4) is 0 Å². The maximum atomic E-state index is 12.5. The van der Waals surface area contributed by atoms with E-state index in [0.717, 1.165) is 29.7 Å². The van der Waals surface area contributed by atoms with Crippen molar-refractivity contribution in [3.63, 3.8) is 0 Å². The number of nitrogens with one attached hydrogen (secondary N) is 2. The highest BCUT2D eigenvalue weighted by atomic mass is 35.5. The topological polar surface area (TPSA) is 93.4 Å². The van der Waals surface area contributed by atoms with Crippen LogP contribution in [-0.4, -0.2) is 23.5 Å². The number of nitrogens with two attached hydrogens (primary N) is 1. The van der Waals surface area contributed by atoms with Crippen LogP contribution >= 0.6 is 35.2 Å². The van der Waals surface area contributed by atoms with Gasteiger partial charge in [-0.3, -0.25) is 14.9 Å². The van der Waals surface area contributed by atoms with Crippen LogP contribution in [0.5, 0.6) is 5.75 Å². The molecule has 0 aliphatic heterocycles. The van der Waals surface area contributed by atoms with E-state index in [2.05, 4.69) is 17.6 Å². The number of hydrogen-bond acceptors (Lipinski definition) is 5. The lowest BCUT2D eigenvalue weighted by molar-refractivity contribution is 0.0975. The normalized spacial score (nSPS) is 15.3. The van der Waals surface area contributed by atoms with Gasteiger partial charge in [0.1, 0.15) is 10.8 Å². The van der Waals surface area contributed by atoms with Gasteiger partial charge in [0.15, 0.2) is 5.11 Å². The van der Waals surface area contributed by atoms with E-state index in [1.807, 2.05) is 6.92 Å². The number of ether oxygens (including phenoxy) is 1. The number of fused-ring (bicyclic) bond motifs is 1. The predicted octanol–water partition coefficient (Wildman–Crippen LogP) is 4.15. The van der Waals surface area contributed by atoms with Crippen molar-refractivity contribution in [2.75, 3.05) is 11.9 Å². The summed E-state index contributed by atoms with van der Waals surface area (Å²) in [5.74, 6) is 0.164. The van der Waals surface area contributed by atoms with Gasteiger partial charge in [-0.1, -0.05) is 18.5 Å². The second-order valence-electron chi connectivity index (χ2n) is 6.91. The SMILES string of the molecule is CCOc1ccc(C(=O)NC(=S)Nc2sc3c(c2C(N)=O)CC[C@@H](C)C3)cc1Cl. The lowest BCUT2D eigenvalue weighted by Gasteiger charge is -2.18. The standard InChI is InChI=1S/C20H22ClN3O3S2/c1-3-27-14-7-5-11(9-13(14)21)18(26)23-20(28)24-19-16(17(22)25)12-6-4-10(2)8-15(12)29-19/h5,7,9-10H,3-4,6,8H2,1-2H3,(H2,22,25)(H2,23,24,26,28)/t10-/m1/s1. The number of thiocarbonyl (C=S) groups is 1. The van der Waals surface area contributed by atoms with Crippen molar-refractivity contribution in [1.82, 2.24) is 5.32 Å². The number of amides is 2. The van der Waals surface area contributed by atoms with E-state index in [4.69, 9.17) is 34.3 Å². The number of carbonyl (C=O) groups excluding carboxylic acids is 2. The van der Waals surface area contributed by atoms with Gasteiger partial charge in [-0.05, 0) is 68.1 Å². The minimum Gasteiger partial charge on any atom is -0.492 e. The molecule has 1 aliphatic rings. The summed E-state index contributed by atoms with van der Waals surface area (Å²) in [6.45, 7) is 4.52. The first-order chi connectivity index (χ1) is 13.8. The third-order valence-electron chi connectivity index (χ3n) is 4.71. The number of carbonyl (C=O) groups is 2. The third kappa shape index (κ3) is 4.88. The Bertz CT molecular complexity index is 974. The number of anilines is 1. The predicted molar refractivity (Wildman–Crippen MR) is 120 cm³/mol. The summed E-state index contributed by atoms with van der Waals surface area (Å²) < 4.78 is 5.37. The van der Waals surface area contributed by atoms with Crippen LogP contribution in [0.1, 0.15) is 51.4 Å². The Morgan fingerprint density at radius 3 is 2.83 bits per heavy atom. The van der Waals surface area contributed by atoms with Crippen LogP contribution in [0.25, 0.3) is 0 Å². The first-order valence-corrected chi connectivity index (χ1v) is 10.9. The quantitative estimate of drug-likeness (QED) is 0.594. The zero-order chi connectivity index (χ0) is 21.1. The molecule has 0 radical (unpaired) electrons. The molecule has 1 atom stereocenters. The van der Waals surface area contributed by atoms with Gasteiger partial charge in [-0.15, -0.1) is 11.3 Å². The van der Waals surface area contributed by atoms with Gasteiger partial charge in [0.2, 0.25) is 0 Å². The lowest BCUT2D eigenvalue weighted by Crippen LogP contribution is -2.34. The van der Waals surface area contributed by atoms with Gasteiger partial charge in [0, 0.05) is 10.4 Å². The average molecular weight is 452 g/mol. The van der Waals surface area contributed by atoms with Gasteiger partial charge in [-0.2, -0.15) is 0 Å². The van der Waals surface area contributed by atoms with Gasteiger partial charge in [0.05, 0.1) is 17.2 Å². The van der Waals surface area contributed by atoms with Gasteiger partial charge >= 0.3 is 0 Å². The molecule has 29 heavy (non-hydrogen) atoms. The smallest absolute Gasteiger partial charge is 0.257 e. The van der Waals surface area contributed by atoms with Crippen molar-refractivity contribution in [1.29, 1.82) is 0 Å². The molecule has 4 N–H and O–H groups in total. The highest BCUT2D eigenvalue weighted by molar-refractivity contribution is 7.80. The van der Waals surface area contributed by atoms with Crippen LogP contribution < -0.4 is 21.1 Å². The summed E-state index contributed by atoms with van der Waals surface area (Å²) in [7, 11) is 0. The second-order valence-corrected chi connectivity index (χ2v) is 8.83. The van der Waals surface area contributed by atoms with Crippen molar-refractivity contribution < 1.29 is 14.3 Å². The third-order valence-corrected chi connectivity index (χ3v) is 6.38. The van der Waals surface area contributed by atoms with Gasteiger partial charge < -0.3 is 15.8 Å². The second kappa shape index (κ2) is 9.11. The minimum absolute atomic E-state index is 0.0918. The van der Waals surface area contributed by atoms with E-state index in [9.17, 15) is 9.59 Å². The Balaban J connectivity index is 1.73. The fourth-order valence-electron chi connectivity index (χ4n) is 3.32. The first kappa shape index (κ1) is 21.5. The van der Waals surface area contributed by atoms with Crippen molar-refractivity contribution in [3.05, 3.63) is 44.8 Å². The summed E-state index contributed by atoms with van der Waals surface area (Å²) in [4.78, 5) is 25.7. The number of hydrogen-bond donors (Lipinski definition) is 3. The Morgan fingerprint density at radius 1 is 1.41 bits per heavy atom.